The van der Waals surface area contributed by atoms with Gasteiger partial charge in [0.15, 0.2) is 0 Å². The zero-order valence-electron chi connectivity index (χ0n) is 9.51. The number of benzene rings is 1. The lowest BCUT2D eigenvalue weighted by Crippen LogP contribution is -2.04. The molecule has 0 bridgehead atoms. The molecule has 0 radical (unpaired) electrons. The second-order valence-corrected chi connectivity index (χ2v) is 4.28. The Morgan fingerprint density at radius 2 is 2.28 bits per heavy atom. The molecule has 0 aliphatic heterocycles. The molecular weight excluding hydrogens is 254 g/mol. The number of carboxylic acids is 1. The fourth-order valence-electron chi connectivity index (χ4n) is 1.64. The number of halogens is 1. The van der Waals surface area contributed by atoms with Gasteiger partial charge >= 0.3 is 5.97 Å². The van der Waals surface area contributed by atoms with Gasteiger partial charge in [-0.3, -0.25) is 4.79 Å². The van der Waals surface area contributed by atoms with Gasteiger partial charge in [0.1, 0.15) is 5.82 Å². The lowest BCUT2D eigenvalue weighted by molar-refractivity contribution is -0.136. The molecule has 3 N–H and O–H groups in total. The van der Waals surface area contributed by atoms with E-state index in [9.17, 15) is 4.79 Å². The molecule has 0 amide bonds. The normalized spacial score (nSPS) is 10.5. The Morgan fingerprint density at radius 3 is 2.94 bits per heavy atom. The summed E-state index contributed by atoms with van der Waals surface area (Å²) in [4.78, 5) is 10.5. The Kier molecular flexibility index (Phi) is 3.53. The average Bonchev–Trinajstić information content (AvgIpc) is 2.68. The Bertz CT molecular complexity index is 580. The fraction of sp³-hybridized carbons (Fsp3) is 0.167. The quantitative estimate of drug-likeness (QED) is 0.887. The number of hydrogen-bond acceptors (Lipinski definition) is 3. The van der Waals surface area contributed by atoms with E-state index in [4.69, 9.17) is 22.4 Å². The molecule has 0 saturated heterocycles. The maximum Gasteiger partial charge on any atom is 0.303 e. The molecule has 18 heavy (non-hydrogen) atoms. The molecule has 0 saturated carbocycles. The molecule has 6 heteroatoms. The van der Waals surface area contributed by atoms with Crippen LogP contribution in [0.2, 0.25) is 5.02 Å². The van der Waals surface area contributed by atoms with Gasteiger partial charge in [0, 0.05) is 17.0 Å². The van der Waals surface area contributed by atoms with Crippen molar-refractivity contribution in [2.75, 3.05) is 5.73 Å². The fourth-order valence-corrected chi connectivity index (χ4v) is 1.82. The Labute approximate surface area is 109 Å². The number of nitrogen functional groups attached to an aromatic ring is 1. The number of nitrogens with zero attached hydrogens (tertiary/aromatic N) is 2. The number of aryl methyl sites for hydroxylation is 1. The predicted octanol–water partition coefficient (Wildman–Crippen LogP) is 2.13. The van der Waals surface area contributed by atoms with E-state index in [1.807, 2.05) is 6.07 Å². The number of rotatable bonds is 4. The Balaban J connectivity index is 2.28. The summed E-state index contributed by atoms with van der Waals surface area (Å²) in [5.74, 6) is -0.413. The van der Waals surface area contributed by atoms with Crippen LogP contribution in [-0.4, -0.2) is 20.9 Å². The highest BCUT2D eigenvalue weighted by atomic mass is 35.5. The van der Waals surface area contributed by atoms with Gasteiger partial charge in [-0.05, 0) is 24.6 Å². The monoisotopic (exact) mass is 265 g/mol. The number of nitrogens with two attached hydrogens (primary N) is 1. The molecule has 5 nitrogen and oxygen atoms in total. The van der Waals surface area contributed by atoms with Gasteiger partial charge in [-0.1, -0.05) is 17.7 Å². The van der Waals surface area contributed by atoms with Crippen LogP contribution in [0, 0.1) is 0 Å². The van der Waals surface area contributed by atoms with Crippen molar-refractivity contribution in [2.24, 2.45) is 0 Å². The highest BCUT2D eigenvalue weighted by Crippen LogP contribution is 2.20. The molecular formula is C12H12ClN3O2. The van der Waals surface area contributed by atoms with E-state index in [2.05, 4.69) is 5.10 Å². The number of hydrogen-bond donors (Lipinski definition) is 2. The molecule has 0 spiro atoms. The van der Waals surface area contributed by atoms with Crippen molar-refractivity contribution < 1.29 is 9.90 Å². The summed E-state index contributed by atoms with van der Waals surface area (Å²) in [6.45, 7) is 0. The lowest BCUT2D eigenvalue weighted by Gasteiger charge is -2.05. The number of aliphatic carboxylic acids is 1. The molecule has 0 atom stereocenters. The smallest absolute Gasteiger partial charge is 0.303 e. The summed E-state index contributed by atoms with van der Waals surface area (Å²) >= 11 is 5.90. The van der Waals surface area contributed by atoms with Crippen LogP contribution < -0.4 is 5.73 Å². The lowest BCUT2D eigenvalue weighted by atomic mass is 10.2. The molecule has 1 heterocycles. The van der Waals surface area contributed by atoms with E-state index < -0.39 is 5.97 Å². The van der Waals surface area contributed by atoms with Crippen LogP contribution in [0.15, 0.2) is 30.5 Å². The highest BCUT2D eigenvalue weighted by molar-refractivity contribution is 6.30. The average molecular weight is 266 g/mol. The van der Waals surface area contributed by atoms with Crippen molar-refractivity contribution >= 4 is 23.4 Å². The minimum Gasteiger partial charge on any atom is -0.481 e. The molecule has 2 aromatic rings. The molecule has 0 unspecified atom stereocenters. The van der Waals surface area contributed by atoms with Crippen molar-refractivity contribution in [1.82, 2.24) is 9.78 Å². The van der Waals surface area contributed by atoms with Gasteiger partial charge in [0.2, 0.25) is 0 Å². The predicted molar refractivity (Wildman–Crippen MR) is 68.9 cm³/mol. The van der Waals surface area contributed by atoms with E-state index in [1.165, 1.54) is 0 Å². The minimum absolute atomic E-state index is 0.0332. The molecule has 94 valence electrons. The summed E-state index contributed by atoms with van der Waals surface area (Å²) in [5.41, 5.74) is 7.41. The first kappa shape index (κ1) is 12.4. The summed E-state index contributed by atoms with van der Waals surface area (Å²) < 4.78 is 1.54. The zero-order chi connectivity index (χ0) is 13.1. The third-order valence-electron chi connectivity index (χ3n) is 2.55. The summed E-state index contributed by atoms with van der Waals surface area (Å²) in [6.07, 6.45) is 1.98. The largest absolute Gasteiger partial charge is 0.481 e. The van der Waals surface area contributed by atoms with E-state index in [1.54, 1.807) is 29.1 Å². The van der Waals surface area contributed by atoms with Crippen LogP contribution in [0.25, 0.3) is 5.69 Å². The molecule has 0 fully saturated rings. The van der Waals surface area contributed by atoms with Crippen LogP contribution >= 0.6 is 11.6 Å². The first-order valence-electron chi connectivity index (χ1n) is 5.38. The van der Waals surface area contributed by atoms with Crippen molar-refractivity contribution in [3.05, 3.63) is 41.0 Å². The van der Waals surface area contributed by atoms with E-state index in [-0.39, 0.29) is 6.42 Å². The Morgan fingerprint density at radius 1 is 1.50 bits per heavy atom. The molecule has 0 aliphatic carbocycles. The summed E-state index contributed by atoms with van der Waals surface area (Å²) in [7, 11) is 0. The zero-order valence-corrected chi connectivity index (χ0v) is 10.3. The standard InChI is InChI=1S/C12H12ClN3O2/c13-9-2-1-3-10(6-9)16-12(14)8(7-15-16)4-5-11(17)18/h1-3,6-7H,4-5,14H2,(H,17,18). The van der Waals surface area contributed by atoms with Gasteiger partial charge < -0.3 is 10.8 Å². The first-order chi connectivity index (χ1) is 8.58. The van der Waals surface area contributed by atoms with E-state index in [0.29, 0.717) is 17.3 Å². The number of carboxylic acid groups (broad SMARTS) is 1. The van der Waals surface area contributed by atoms with Crippen LogP contribution in [0.1, 0.15) is 12.0 Å². The van der Waals surface area contributed by atoms with Crippen molar-refractivity contribution in [3.63, 3.8) is 0 Å². The van der Waals surface area contributed by atoms with Crippen LogP contribution in [-0.2, 0) is 11.2 Å². The van der Waals surface area contributed by atoms with Crippen molar-refractivity contribution in [1.29, 1.82) is 0 Å². The number of aromatic nitrogens is 2. The third-order valence-corrected chi connectivity index (χ3v) is 2.78. The van der Waals surface area contributed by atoms with Gasteiger partial charge in [-0.2, -0.15) is 5.10 Å². The number of anilines is 1. The maximum atomic E-state index is 10.5. The van der Waals surface area contributed by atoms with E-state index >= 15 is 0 Å². The molecule has 2 rings (SSSR count). The van der Waals surface area contributed by atoms with E-state index in [0.717, 1.165) is 11.3 Å². The van der Waals surface area contributed by atoms with Crippen LogP contribution in [0.3, 0.4) is 0 Å². The molecule has 1 aromatic heterocycles. The van der Waals surface area contributed by atoms with Crippen LogP contribution in [0.4, 0.5) is 5.82 Å². The first-order valence-corrected chi connectivity index (χ1v) is 5.76. The van der Waals surface area contributed by atoms with Gasteiger partial charge in [0.25, 0.3) is 0 Å². The van der Waals surface area contributed by atoms with Gasteiger partial charge in [-0.15, -0.1) is 0 Å². The highest BCUT2D eigenvalue weighted by Gasteiger charge is 2.10. The second-order valence-electron chi connectivity index (χ2n) is 3.84. The minimum atomic E-state index is -0.857. The topological polar surface area (TPSA) is 81.1 Å². The second kappa shape index (κ2) is 5.10. The molecule has 1 aromatic carbocycles. The van der Waals surface area contributed by atoms with Crippen LogP contribution in [0.5, 0.6) is 0 Å². The van der Waals surface area contributed by atoms with Gasteiger partial charge in [-0.25, -0.2) is 4.68 Å². The van der Waals surface area contributed by atoms with Gasteiger partial charge in [0.05, 0.1) is 11.9 Å². The maximum absolute atomic E-state index is 10.5. The van der Waals surface area contributed by atoms with Crippen molar-refractivity contribution in [3.8, 4) is 5.69 Å². The van der Waals surface area contributed by atoms with Crippen molar-refractivity contribution in [2.45, 2.75) is 12.8 Å². The number of carbonyl (C=O) groups is 1. The summed E-state index contributed by atoms with van der Waals surface area (Å²) in [5, 5.41) is 13.4. The third kappa shape index (κ3) is 2.62. The SMILES string of the molecule is Nc1c(CCC(=O)O)cnn1-c1cccc(Cl)c1. The summed E-state index contributed by atoms with van der Waals surface area (Å²) in [6, 6.07) is 7.13. The Hall–Kier alpha value is -2.01. The molecule has 0 aliphatic rings.